The van der Waals surface area contributed by atoms with Gasteiger partial charge in [-0.2, -0.15) is 4.31 Å². The minimum Gasteiger partial charge on any atom is -0.315 e. The molecule has 1 unspecified atom stereocenters. The van der Waals surface area contributed by atoms with Crippen molar-refractivity contribution in [3.05, 3.63) is 28.2 Å². The smallest absolute Gasteiger partial charge is 0.243 e. The summed E-state index contributed by atoms with van der Waals surface area (Å²) in [6.45, 7) is 6.05. The van der Waals surface area contributed by atoms with Crippen LogP contribution in [0.3, 0.4) is 0 Å². The molecule has 0 radical (unpaired) electrons. The standard InChI is InChI=1S/C14H21BrN2O2S/c1-3-9-17(12-7-8-16-10-12)20(18,19)14-6-4-5-13(15)11(14)2/h4-6,12,16H,3,7-10H2,1-2H3. The van der Waals surface area contributed by atoms with E-state index in [1.807, 2.05) is 19.9 Å². The highest BCUT2D eigenvalue weighted by atomic mass is 79.9. The molecule has 0 spiro atoms. The monoisotopic (exact) mass is 360 g/mol. The van der Waals surface area contributed by atoms with Gasteiger partial charge in [-0.05, 0) is 44.0 Å². The van der Waals surface area contributed by atoms with E-state index in [2.05, 4.69) is 21.2 Å². The summed E-state index contributed by atoms with van der Waals surface area (Å²) in [5.41, 5.74) is 0.777. The molecule has 4 nitrogen and oxygen atoms in total. The lowest BCUT2D eigenvalue weighted by molar-refractivity contribution is 0.335. The minimum absolute atomic E-state index is 0.0679. The number of benzene rings is 1. The van der Waals surface area contributed by atoms with E-state index in [1.165, 1.54) is 0 Å². The zero-order valence-corrected chi connectivity index (χ0v) is 14.3. The second kappa shape index (κ2) is 6.56. The quantitative estimate of drug-likeness (QED) is 0.877. The van der Waals surface area contributed by atoms with E-state index in [-0.39, 0.29) is 6.04 Å². The molecule has 1 fully saturated rings. The van der Waals surface area contributed by atoms with Crippen molar-refractivity contribution in [2.24, 2.45) is 0 Å². The molecule has 1 saturated heterocycles. The van der Waals surface area contributed by atoms with Gasteiger partial charge in [-0.3, -0.25) is 0 Å². The highest BCUT2D eigenvalue weighted by molar-refractivity contribution is 9.10. The van der Waals surface area contributed by atoms with Crippen LogP contribution in [0.5, 0.6) is 0 Å². The van der Waals surface area contributed by atoms with Crippen LogP contribution in [0.25, 0.3) is 0 Å². The number of nitrogens with one attached hydrogen (secondary N) is 1. The van der Waals surface area contributed by atoms with Gasteiger partial charge < -0.3 is 5.32 Å². The van der Waals surface area contributed by atoms with Gasteiger partial charge in [0.15, 0.2) is 0 Å². The van der Waals surface area contributed by atoms with Crippen molar-refractivity contribution >= 4 is 26.0 Å². The number of hydrogen-bond acceptors (Lipinski definition) is 3. The largest absolute Gasteiger partial charge is 0.315 e. The molecule has 0 saturated carbocycles. The van der Waals surface area contributed by atoms with E-state index in [1.54, 1.807) is 16.4 Å². The minimum atomic E-state index is -3.44. The summed E-state index contributed by atoms with van der Waals surface area (Å²) in [6.07, 6.45) is 1.70. The second-order valence-electron chi connectivity index (χ2n) is 5.13. The summed E-state index contributed by atoms with van der Waals surface area (Å²) in [4.78, 5) is 0.409. The number of hydrogen-bond donors (Lipinski definition) is 1. The van der Waals surface area contributed by atoms with Gasteiger partial charge >= 0.3 is 0 Å². The topological polar surface area (TPSA) is 49.4 Å². The van der Waals surface area contributed by atoms with Gasteiger partial charge in [0.05, 0.1) is 4.90 Å². The van der Waals surface area contributed by atoms with Gasteiger partial charge in [-0.15, -0.1) is 0 Å². The van der Waals surface area contributed by atoms with Crippen LogP contribution in [0.2, 0.25) is 0 Å². The van der Waals surface area contributed by atoms with E-state index < -0.39 is 10.0 Å². The van der Waals surface area contributed by atoms with E-state index >= 15 is 0 Å². The Morgan fingerprint density at radius 3 is 2.80 bits per heavy atom. The van der Waals surface area contributed by atoms with E-state index in [4.69, 9.17) is 0 Å². The highest BCUT2D eigenvalue weighted by Crippen LogP contribution is 2.28. The van der Waals surface area contributed by atoms with Gasteiger partial charge in [0.1, 0.15) is 0 Å². The van der Waals surface area contributed by atoms with Crippen molar-refractivity contribution in [2.45, 2.75) is 37.6 Å². The average molecular weight is 361 g/mol. The second-order valence-corrected chi connectivity index (χ2v) is 7.84. The van der Waals surface area contributed by atoms with Crippen LogP contribution in [-0.2, 0) is 10.0 Å². The fourth-order valence-corrected chi connectivity index (χ4v) is 5.09. The van der Waals surface area contributed by atoms with E-state index in [9.17, 15) is 8.42 Å². The molecule has 0 bridgehead atoms. The van der Waals surface area contributed by atoms with Crippen LogP contribution in [0, 0.1) is 6.92 Å². The first-order chi connectivity index (χ1) is 9.48. The van der Waals surface area contributed by atoms with Gasteiger partial charge in [-0.1, -0.05) is 28.9 Å². The zero-order valence-electron chi connectivity index (χ0n) is 11.9. The van der Waals surface area contributed by atoms with Crippen molar-refractivity contribution in [1.29, 1.82) is 0 Å². The fraction of sp³-hybridized carbons (Fsp3) is 0.571. The fourth-order valence-electron chi connectivity index (χ4n) is 2.60. The highest BCUT2D eigenvalue weighted by Gasteiger charge is 2.33. The molecule has 1 aromatic rings. The molecular weight excluding hydrogens is 340 g/mol. The van der Waals surface area contributed by atoms with Crippen LogP contribution in [-0.4, -0.2) is 38.4 Å². The van der Waals surface area contributed by atoms with Gasteiger partial charge in [-0.25, -0.2) is 8.42 Å². The summed E-state index contributed by atoms with van der Waals surface area (Å²) in [7, 11) is -3.44. The molecule has 0 aliphatic carbocycles. The third kappa shape index (κ3) is 3.08. The van der Waals surface area contributed by atoms with Crippen molar-refractivity contribution in [3.8, 4) is 0 Å². The summed E-state index contributed by atoms with van der Waals surface area (Å²) in [5.74, 6) is 0. The Balaban J connectivity index is 2.42. The summed E-state index contributed by atoms with van der Waals surface area (Å²) in [6, 6.07) is 5.41. The van der Waals surface area contributed by atoms with E-state index in [0.717, 1.165) is 36.0 Å². The Hall–Kier alpha value is -0.430. The maximum Gasteiger partial charge on any atom is 0.243 e. The van der Waals surface area contributed by atoms with Crippen molar-refractivity contribution in [3.63, 3.8) is 0 Å². The molecule has 0 amide bonds. The Morgan fingerprint density at radius 2 is 2.20 bits per heavy atom. The lowest BCUT2D eigenvalue weighted by atomic mass is 10.2. The summed E-state index contributed by atoms with van der Waals surface area (Å²) < 4.78 is 28.4. The van der Waals surface area contributed by atoms with E-state index in [0.29, 0.717) is 11.4 Å². The Bertz CT molecular complexity index is 569. The van der Waals surface area contributed by atoms with Crippen molar-refractivity contribution in [1.82, 2.24) is 9.62 Å². The average Bonchev–Trinajstić information content (AvgIpc) is 2.92. The SMILES string of the molecule is CCCN(C1CCNC1)S(=O)(=O)c1cccc(Br)c1C. The van der Waals surface area contributed by atoms with Crippen LogP contribution in [0.4, 0.5) is 0 Å². The maximum atomic E-state index is 13.0. The van der Waals surface area contributed by atoms with Crippen LogP contribution >= 0.6 is 15.9 Å². The molecule has 1 heterocycles. The predicted molar refractivity (Wildman–Crippen MR) is 84.3 cm³/mol. The lowest BCUT2D eigenvalue weighted by Crippen LogP contribution is -2.42. The molecular formula is C14H21BrN2O2S. The van der Waals surface area contributed by atoms with Gasteiger partial charge in [0.2, 0.25) is 10.0 Å². The van der Waals surface area contributed by atoms with Crippen molar-refractivity contribution < 1.29 is 8.42 Å². The molecule has 1 N–H and O–H groups in total. The maximum absolute atomic E-state index is 13.0. The predicted octanol–water partition coefficient (Wildman–Crippen LogP) is 2.52. The first kappa shape index (κ1) is 15.9. The van der Waals surface area contributed by atoms with Gasteiger partial charge in [0.25, 0.3) is 0 Å². The Morgan fingerprint density at radius 1 is 1.45 bits per heavy atom. The molecule has 6 heteroatoms. The molecule has 1 atom stereocenters. The Kier molecular flexibility index (Phi) is 5.23. The summed E-state index contributed by atoms with van der Waals surface area (Å²) >= 11 is 3.41. The van der Waals surface area contributed by atoms with Crippen LogP contribution in [0.1, 0.15) is 25.3 Å². The number of nitrogens with zero attached hydrogens (tertiary/aromatic N) is 1. The molecule has 0 aromatic heterocycles. The number of rotatable bonds is 5. The molecule has 1 aliphatic heterocycles. The lowest BCUT2D eigenvalue weighted by Gasteiger charge is -2.28. The third-order valence-electron chi connectivity index (χ3n) is 3.69. The Labute approximate surface area is 129 Å². The first-order valence-electron chi connectivity index (χ1n) is 6.96. The molecule has 20 heavy (non-hydrogen) atoms. The summed E-state index contributed by atoms with van der Waals surface area (Å²) in [5, 5.41) is 3.25. The molecule has 2 rings (SSSR count). The van der Waals surface area contributed by atoms with Crippen LogP contribution in [0.15, 0.2) is 27.6 Å². The molecule has 112 valence electrons. The first-order valence-corrected chi connectivity index (χ1v) is 9.19. The third-order valence-corrected chi connectivity index (χ3v) is 6.65. The normalized spacial score (nSPS) is 19.7. The molecule has 1 aliphatic rings. The van der Waals surface area contributed by atoms with Crippen molar-refractivity contribution in [2.75, 3.05) is 19.6 Å². The molecule has 1 aromatic carbocycles. The number of halogens is 1. The zero-order chi connectivity index (χ0) is 14.8. The number of sulfonamides is 1. The van der Waals surface area contributed by atoms with Crippen LogP contribution < -0.4 is 5.32 Å². The van der Waals surface area contributed by atoms with Gasteiger partial charge in [0, 0.05) is 23.6 Å².